The van der Waals surface area contributed by atoms with Crippen molar-refractivity contribution < 1.29 is 24.5 Å². The number of hydrogen-bond donors (Lipinski definition) is 3. The van der Waals surface area contributed by atoms with Gasteiger partial charge in [-0.05, 0) is 51.4 Å². The van der Waals surface area contributed by atoms with Crippen LogP contribution >= 0.6 is 0 Å². The van der Waals surface area contributed by atoms with Crippen LogP contribution in [0.3, 0.4) is 0 Å². The van der Waals surface area contributed by atoms with Crippen molar-refractivity contribution in [2.45, 2.75) is 366 Å². The maximum atomic E-state index is 12.5. The van der Waals surface area contributed by atoms with Gasteiger partial charge in [0.25, 0.3) is 0 Å². The van der Waals surface area contributed by atoms with E-state index in [1.54, 1.807) is 0 Å². The molecule has 0 saturated heterocycles. The van der Waals surface area contributed by atoms with Gasteiger partial charge in [0.15, 0.2) is 0 Å². The van der Waals surface area contributed by atoms with Crippen molar-refractivity contribution in [1.29, 1.82) is 0 Å². The average molecular weight is 975 g/mol. The van der Waals surface area contributed by atoms with Gasteiger partial charge < -0.3 is 20.3 Å². The Kier molecular flexibility index (Phi) is 58.0. The maximum absolute atomic E-state index is 12.5. The number of carbonyl (C=O) groups excluding carboxylic acids is 2. The number of unbranched alkanes of at least 4 members (excludes halogenated alkanes) is 46. The first-order valence-corrected chi connectivity index (χ1v) is 31.4. The van der Waals surface area contributed by atoms with Crippen molar-refractivity contribution >= 4 is 11.9 Å². The number of nitrogens with one attached hydrogen (secondary N) is 1. The molecule has 0 spiro atoms. The Morgan fingerprint density at radius 1 is 0.391 bits per heavy atom. The smallest absolute Gasteiger partial charge is 0.305 e. The fourth-order valence-corrected chi connectivity index (χ4v) is 9.99. The number of aliphatic hydroxyl groups excluding tert-OH is 2. The number of amides is 1. The highest BCUT2D eigenvalue weighted by atomic mass is 16.5. The summed E-state index contributed by atoms with van der Waals surface area (Å²) < 4.78 is 5.49. The van der Waals surface area contributed by atoms with Crippen LogP contribution in [0.25, 0.3) is 0 Å². The largest absolute Gasteiger partial charge is 0.466 e. The Balaban J connectivity index is 3.39. The standard InChI is InChI=1S/C63H123NO5/c1-3-5-7-9-11-13-15-17-19-23-27-31-35-39-43-47-51-55-61(66)60(59-65)64-62(67)56-52-48-44-40-36-32-28-25-21-22-26-30-34-38-42-46-50-54-58-69-63(68)57-53-49-45-41-37-33-29-24-20-18-16-14-12-10-8-6-4-2/h18,20,60-61,65-66H,3-17,19,21-59H2,1-2H3,(H,64,67)/b20-18-. The van der Waals surface area contributed by atoms with Gasteiger partial charge in [0.05, 0.1) is 25.4 Å². The van der Waals surface area contributed by atoms with E-state index in [-0.39, 0.29) is 18.5 Å². The summed E-state index contributed by atoms with van der Waals surface area (Å²) in [4.78, 5) is 24.6. The van der Waals surface area contributed by atoms with Crippen LogP contribution in [-0.2, 0) is 14.3 Å². The molecule has 6 heteroatoms. The van der Waals surface area contributed by atoms with Crippen molar-refractivity contribution in [3.63, 3.8) is 0 Å². The van der Waals surface area contributed by atoms with Crippen LogP contribution in [0.5, 0.6) is 0 Å². The number of hydrogen-bond acceptors (Lipinski definition) is 5. The van der Waals surface area contributed by atoms with Crippen LogP contribution in [0.2, 0.25) is 0 Å². The Morgan fingerprint density at radius 2 is 0.681 bits per heavy atom. The minimum Gasteiger partial charge on any atom is -0.466 e. The lowest BCUT2D eigenvalue weighted by Gasteiger charge is -2.22. The van der Waals surface area contributed by atoms with E-state index >= 15 is 0 Å². The van der Waals surface area contributed by atoms with Gasteiger partial charge in [-0.3, -0.25) is 9.59 Å². The van der Waals surface area contributed by atoms with Gasteiger partial charge >= 0.3 is 5.97 Å². The van der Waals surface area contributed by atoms with Gasteiger partial charge in [0.1, 0.15) is 0 Å². The minimum atomic E-state index is -0.667. The highest BCUT2D eigenvalue weighted by molar-refractivity contribution is 5.76. The molecule has 0 bridgehead atoms. The van der Waals surface area contributed by atoms with E-state index in [1.807, 2.05) is 0 Å². The van der Waals surface area contributed by atoms with Gasteiger partial charge in [-0.2, -0.15) is 0 Å². The summed E-state index contributed by atoms with van der Waals surface area (Å²) in [5, 5.41) is 23.3. The molecule has 0 heterocycles. The molecule has 410 valence electrons. The first-order chi connectivity index (χ1) is 34.0. The third-order valence-corrected chi connectivity index (χ3v) is 14.8. The second kappa shape index (κ2) is 59.2. The summed E-state index contributed by atoms with van der Waals surface area (Å²) in [6, 6.07) is -0.544. The molecule has 0 aromatic heterocycles. The molecule has 69 heavy (non-hydrogen) atoms. The molecular formula is C63H123NO5. The minimum absolute atomic E-state index is 0.00498. The molecule has 0 aliphatic carbocycles. The average Bonchev–Trinajstić information content (AvgIpc) is 3.35. The Labute approximate surface area is 431 Å². The lowest BCUT2D eigenvalue weighted by molar-refractivity contribution is -0.143. The number of allylic oxidation sites excluding steroid dienone is 2. The molecule has 0 aliphatic rings. The molecule has 2 unspecified atom stereocenters. The SMILES string of the molecule is CCCCCCCC/C=C\CCCCCCCCCC(=O)OCCCCCCCCCCCCCCCCCCCCC(=O)NC(CO)C(O)CCCCCCCCCCCCCCCCCCC. The fraction of sp³-hybridized carbons (Fsp3) is 0.937. The number of ether oxygens (including phenoxy) is 1. The van der Waals surface area contributed by atoms with E-state index < -0.39 is 12.1 Å². The number of aliphatic hydroxyl groups is 2. The van der Waals surface area contributed by atoms with Crippen LogP contribution < -0.4 is 5.32 Å². The fourth-order valence-electron chi connectivity index (χ4n) is 9.99. The maximum Gasteiger partial charge on any atom is 0.305 e. The van der Waals surface area contributed by atoms with Crippen molar-refractivity contribution in [2.75, 3.05) is 13.2 Å². The summed E-state index contributed by atoms with van der Waals surface area (Å²) in [5.74, 6) is -0.0309. The van der Waals surface area contributed by atoms with Gasteiger partial charge in [-0.25, -0.2) is 0 Å². The highest BCUT2D eigenvalue weighted by Crippen LogP contribution is 2.18. The van der Waals surface area contributed by atoms with E-state index in [0.717, 1.165) is 44.9 Å². The van der Waals surface area contributed by atoms with E-state index in [0.29, 0.717) is 25.9 Å². The number of carbonyl (C=O) groups is 2. The molecule has 0 aliphatic heterocycles. The lowest BCUT2D eigenvalue weighted by Crippen LogP contribution is -2.45. The molecule has 3 N–H and O–H groups in total. The van der Waals surface area contributed by atoms with Crippen molar-refractivity contribution in [2.24, 2.45) is 0 Å². The third-order valence-electron chi connectivity index (χ3n) is 14.8. The zero-order chi connectivity index (χ0) is 50.0. The highest BCUT2D eigenvalue weighted by Gasteiger charge is 2.20. The van der Waals surface area contributed by atoms with Gasteiger partial charge in [0, 0.05) is 12.8 Å². The summed E-state index contributed by atoms with van der Waals surface area (Å²) in [6.45, 7) is 4.97. The molecular weight excluding hydrogens is 851 g/mol. The zero-order valence-electron chi connectivity index (χ0n) is 46.8. The number of esters is 1. The monoisotopic (exact) mass is 974 g/mol. The van der Waals surface area contributed by atoms with Crippen LogP contribution in [0.1, 0.15) is 354 Å². The lowest BCUT2D eigenvalue weighted by atomic mass is 10.0. The molecule has 0 radical (unpaired) electrons. The molecule has 0 aromatic rings. The molecule has 0 aromatic carbocycles. The first-order valence-electron chi connectivity index (χ1n) is 31.4. The van der Waals surface area contributed by atoms with Crippen molar-refractivity contribution in [1.82, 2.24) is 5.32 Å². The van der Waals surface area contributed by atoms with Crippen molar-refractivity contribution in [3.05, 3.63) is 12.2 Å². The van der Waals surface area contributed by atoms with Gasteiger partial charge in [-0.15, -0.1) is 0 Å². The van der Waals surface area contributed by atoms with Gasteiger partial charge in [0.2, 0.25) is 5.91 Å². The zero-order valence-corrected chi connectivity index (χ0v) is 46.8. The summed E-state index contributed by atoms with van der Waals surface area (Å²) >= 11 is 0. The molecule has 0 fully saturated rings. The predicted octanol–water partition coefficient (Wildman–Crippen LogP) is 19.6. The van der Waals surface area contributed by atoms with Crippen LogP contribution in [0.4, 0.5) is 0 Å². The first kappa shape index (κ1) is 67.6. The molecule has 0 saturated carbocycles. The van der Waals surface area contributed by atoms with E-state index in [1.165, 1.54) is 276 Å². The Bertz CT molecular complexity index is 1030. The second-order valence-electron chi connectivity index (χ2n) is 21.7. The molecule has 0 rings (SSSR count). The molecule has 2 atom stereocenters. The van der Waals surface area contributed by atoms with E-state index in [4.69, 9.17) is 4.74 Å². The van der Waals surface area contributed by atoms with Crippen LogP contribution in [-0.4, -0.2) is 47.4 Å². The Hall–Kier alpha value is -1.40. The summed E-state index contributed by atoms with van der Waals surface area (Å²) in [7, 11) is 0. The molecule has 1 amide bonds. The van der Waals surface area contributed by atoms with E-state index in [2.05, 4.69) is 31.3 Å². The third kappa shape index (κ3) is 55.8. The van der Waals surface area contributed by atoms with Gasteiger partial charge in [-0.1, -0.05) is 302 Å². The quantitative estimate of drug-likeness (QED) is 0.0321. The van der Waals surface area contributed by atoms with E-state index in [9.17, 15) is 19.8 Å². The van der Waals surface area contributed by atoms with Crippen LogP contribution in [0, 0.1) is 0 Å². The second-order valence-corrected chi connectivity index (χ2v) is 21.7. The molecule has 6 nitrogen and oxygen atoms in total. The van der Waals surface area contributed by atoms with Crippen molar-refractivity contribution in [3.8, 4) is 0 Å². The topological polar surface area (TPSA) is 95.9 Å². The summed E-state index contributed by atoms with van der Waals surface area (Å²) in [6.07, 6.45) is 70.7. The Morgan fingerprint density at radius 3 is 1.03 bits per heavy atom. The normalized spacial score (nSPS) is 12.6. The van der Waals surface area contributed by atoms with Crippen LogP contribution in [0.15, 0.2) is 12.2 Å². The summed E-state index contributed by atoms with van der Waals surface area (Å²) in [5.41, 5.74) is 0. The number of rotatable bonds is 59. The predicted molar refractivity (Wildman–Crippen MR) is 301 cm³/mol.